The van der Waals surface area contributed by atoms with Crippen molar-refractivity contribution in [2.75, 3.05) is 18.6 Å². The Hall–Kier alpha value is -0.530. The van der Waals surface area contributed by atoms with Crippen LogP contribution in [-0.2, 0) is 9.84 Å². The van der Waals surface area contributed by atoms with E-state index in [-0.39, 0.29) is 17.5 Å². The molecule has 1 N–H and O–H groups in total. The normalized spacial score (nSPS) is 13.9. The van der Waals surface area contributed by atoms with Gasteiger partial charge in [-0.2, -0.15) is 8.75 Å². The third kappa shape index (κ3) is 4.15. The average molecular weight is 263 g/mol. The van der Waals surface area contributed by atoms with Crippen LogP contribution >= 0.6 is 11.7 Å². The van der Waals surface area contributed by atoms with Gasteiger partial charge in [0.2, 0.25) is 0 Å². The number of nitrogens with zero attached hydrogens (tertiary/aromatic N) is 2. The molecule has 1 aromatic rings. The molecule has 92 valence electrons. The van der Waals surface area contributed by atoms with Crippen LogP contribution in [0.15, 0.2) is 6.20 Å². The molecule has 1 aromatic heterocycles. The maximum atomic E-state index is 11.3. The molecule has 0 bridgehead atoms. The molecule has 0 saturated carbocycles. The number of hydrogen-bond donors (Lipinski definition) is 1. The van der Waals surface area contributed by atoms with Crippen molar-refractivity contribution >= 4 is 21.6 Å². The first kappa shape index (κ1) is 13.5. The van der Waals surface area contributed by atoms with Crippen molar-refractivity contribution in [2.24, 2.45) is 0 Å². The van der Waals surface area contributed by atoms with E-state index in [1.165, 1.54) is 11.7 Å². The number of hydrogen-bond acceptors (Lipinski definition) is 6. The van der Waals surface area contributed by atoms with Crippen LogP contribution in [0.1, 0.15) is 31.5 Å². The molecule has 0 aromatic carbocycles. The number of nitrogens with one attached hydrogen (secondary N) is 1. The standard InChI is InChI=1S/C9H17N3O2S2/c1-3-16(13,14)6-4-5-8(10-2)9-7-11-15-12-9/h7-8,10H,3-6H2,1-2H3. The van der Waals surface area contributed by atoms with E-state index in [2.05, 4.69) is 14.1 Å². The maximum Gasteiger partial charge on any atom is 0.150 e. The van der Waals surface area contributed by atoms with Crippen molar-refractivity contribution < 1.29 is 8.42 Å². The highest BCUT2D eigenvalue weighted by Crippen LogP contribution is 2.16. The van der Waals surface area contributed by atoms with Crippen LogP contribution in [0.4, 0.5) is 0 Å². The summed E-state index contributed by atoms with van der Waals surface area (Å²) < 4.78 is 30.7. The van der Waals surface area contributed by atoms with Crippen molar-refractivity contribution in [2.45, 2.75) is 25.8 Å². The van der Waals surface area contributed by atoms with Crippen LogP contribution in [-0.4, -0.2) is 35.7 Å². The average Bonchev–Trinajstić information content (AvgIpc) is 2.78. The zero-order chi connectivity index (χ0) is 12.0. The summed E-state index contributed by atoms with van der Waals surface area (Å²) in [5, 5.41) is 3.12. The van der Waals surface area contributed by atoms with E-state index in [1.54, 1.807) is 13.1 Å². The molecule has 0 fully saturated rings. The lowest BCUT2D eigenvalue weighted by Gasteiger charge is -2.12. The summed E-state index contributed by atoms with van der Waals surface area (Å²) in [5.74, 6) is 0.467. The lowest BCUT2D eigenvalue weighted by atomic mass is 10.1. The summed E-state index contributed by atoms with van der Waals surface area (Å²) in [6, 6.07) is 0.103. The van der Waals surface area contributed by atoms with Gasteiger partial charge in [-0.3, -0.25) is 0 Å². The first-order valence-electron chi connectivity index (χ1n) is 5.24. The van der Waals surface area contributed by atoms with Gasteiger partial charge in [0.05, 0.1) is 35.4 Å². The number of rotatable bonds is 7. The fraction of sp³-hybridized carbons (Fsp3) is 0.778. The van der Waals surface area contributed by atoms with E-state index in [1.807, 2.05) is 7.05 Å². The van der Waals surface area contributed by atoms with Gasteiger partial charge in [0.15, 0.2) is 0 Å². The number of sulfone groups is 1. The fourth-order valence-corrected chi connectivity index (χ4v) is 2.78. The summed E-state index contributed by atoms with van der Waals surface area (Å²) in [4.78, 5) is 0. The van der Waals surface area contributed by atoms with Crippen molar-refractivity contribution in [3.05, 3.63) is 11.9 Å². The molecule has 1 atom stereocenters. The molecule has 0 aliphatic heterocycles. The summed E-state index contributed by atoms with van der Waals surface area (Å²) >= 11 is 1.17. The third-order valence-electron chi connectivity index (χ3n) is 2.47. The Balaban J connectivity index is 2.42. The molecule has 0 aliphatic rings. The topological polar surface area (TPSA) is 72.0 Å². The SMILES string of the molecule is CCS(=O)(=O)CCCC(NC)c1cnsn1. The molecule has 16 heavy (non-hydrogen) atoms. The molecule has 5 nitrogen and oxygen atoms in total. The molecule has 0 radical (unpaired) electrons. The Morgan fingerprint density at radius 1 is 1.56 bits per heavy atom. The second-order valence-corrected chi connectivity index (χ2v) is 6.58. The van der Waals surface area contributed by atoms with E-state index >= 15 is 0 Å². The largest absolute Gasteiger partial charge is 0.312 e. The smallest absolute Gasteiger partial charge is 0.150 e. The quantitative estimate of drug-likeness (QED) is 0.795. The first-order chi connectivity index (χ1) is 7.59. The van der Waals surface area contributed by atoms with Gasteiger partial charge in [0.1, 0.15) is 9.84 Å². The Kier molecular flexibility index (Phi) is 5.30. The molecule has 0 saturated heterocycles. The molecule has 1 heterocycles. The summed E-state index contributed by atoms with van der Waals surface area (Å²) in [5.41, 5.74) is 0.890. The minimum absolute atomic E-state index is 0.103. The second-order valence-electron chi connectivity index (χ2n) is 3.55. The van der Waals surface area contributed by atoms with E-state index in [9.17, 15) is 8.42 Å². The van der Waals surface area contributed by atoms with Gasteiger partial charge in [-0.1, -0.05) is 6.92 Å². The minimum atomic E-state index is -2.85. The lowest BCUT2D eigenvalue weighted by molar-refractivity contribution is 0.527. The van der Waals surface area contributed by atoms with Crippen molar-refractivity contribution in [3.8, 4) is 0 Å². The van der Waals surface area contributed by atoms with Crippen molar-refractivity contribution in [1.29, 1.82) is 0 Å². The monoisotopic (exact) mass is 263 g/mol. The Labute approximate surface area is 101 Å². The molecule has 0 spiro atoms. The summed E-state index contributed by atoms with van der Waals surface area (Å²) in [6.07, 6.45) is 3.14. The van der Waals surface area contributed by atoms with Crippen LogP contribution < -0.4 is 5.32 Å². The van der Waals surface area contributed by atoms with E-state index < -0.39 is 9.84 Å². The van der Waals surface area contributed by atoms with E-state index in [0.717, 1.165) is 12.1 Å². The predicted molar refractivity (Wildman–Crippen MR) is 65.3 cm³/mol. The van der Waals surface area contributed by atoms with Crippen LogP contribution in [0.2, 0.25) is 0 Å². The fourth-order valence-electron chi connectivity index (χ4n) is 1.42. The van der Waals surface area contributed by atoms with Crippen LogP contribution in [0, 0.1) is 0 Å². The van der Waals surface area contributed by atoms with Crippen LogP contribution in [0.5, 0.6) is 0 Å². The molecular formula is C9H17N3O2S2. The highest BCUT2D eigenvalue weighted by molar-refractivity contribution is 7.91. The van der Waals surface area contributed by atoms with Crippen LogP contribution in [0.25, 0.3) is 0 Å². The molecule has 0 aliphatic carbocycles. The molecule has 1 rings (SSSR count). The molecule has 1 unspecified atom stereocenters. The summed E-state index contributed by atoms with van der Waals surface area (Å²) in [6.45, 7) is 1.68. The number of aromatic nitrogens is 2. The van der Waals surface area contributed by atoms with Gasteiger partial charge in [0.25, 0.3) is 0 Å². The van der Waals surface area contributed by atoms with Gasteiger partial charge in [-0.05, 0) is 19.9 Å². The van der Waals surface area contributed by atoms with Gasteiger partial charge in [-0.25, -0.2) is 8.42 Å². The first-order valence-corrected chi connectivity index (χ1v) is 7.79. The van der Waals surface area contributed by atoms with Gasteiger partial charge in [-0.15, -0.1) is 0 Å². The molecular weight excluding hydrogens is 246 g/mol. The highest BCUT2D eigenvalue weighted by Gasteiger charge is 2.14. The zero-order valence-corrected chi connectivity index (χ0v) is 11.1. The van der Waals surface area contributed by atoms with Gasteiger partial charge < -0.3 is 5.32 Å². The second kappa shape index (κ2) is 6.27. The van der Waals surface area contributed by atoms with E-state index in [4.69, 9.17) is 0 Å². The maximum absolute atomic E-state index is 11.3. The zero-order valence-electron chi connectivity index (χ0n) is 9.51. The Morgan fingerprint density at radius 2 is 2.31 bits per heavy atom. The Morgan fingerprint density at radius 3 is 2.81 bits per heavy atom. The Bertz CT molecular complexity index is 389. The molecule has 0 amide bonds. The van der Waals surface area contributed by atoms with Crippen LogP contribution in [0.3, 0.4) is 0 Å². The van der Waals surface area contributed by atoms with Crippen molar-refractivity contribution in [1.82, 2.24) is 14.1 Å². The molecule has 7 heteroatoms. The highest BCUT2D eigenvalue weighted by atomic mass is 32.2. The van der Waals surface area contributed by atoms with Gasteiger partial charge >= 0.3 is 0 Å². The minimum Gasteiger partial charge on any atom is -0.312 e. The van der Waals surface area contributed by atoms with E-state index in [0.29, 0.717) is 6.42 Å². The van der Waals surface area contributed by atoms with Crippen molar-refractivity contribution in [3.63, 3.8) is 0 Å². The van der Waals surface area contributed by atoms with Gasteiger partial charge in [0, 0.05) is 5.75 Å². The predicted octanol–water partition coefficient (Wildman–Crippen LogP) is 1.01. The summed E-state index contributed by atoms with van der Waals surface area (Å²) in [7, 11) is -1.01. The lowest BCUT2D eigenvalue weighted by Crippen LogP contribution is -2.18. The third-order valence-corrected chi connectivity index (χ3v) is 4.75.